The first-order valence-corrected chi connectivity index (χ1v) is 6.39. The Balaban J connectivity index is 3.28. The molecule has 1 aromatic rings. The molecule has 110 valence electrons. The summed E-state index contributed by atoms with van der Waals surface area (Å²) in [5.41, 5.74) is 0.426. The van der Waals surface area contributed by atoms with Crippen molar-refractivity contribution in [3.63, 3.8) is 0 Å². The largest absolute Gasteiger partial charge is 0.493 e. The highest BCUT2D eigenvalue weighted by molar-refractivity contribution is 6.29. The number of halogens is 1. The molecule has 0 atom stereocenters. The Bertz CT molecular complexity index is 504. The Morgan fingerprint density at radius 1 is 1.20 bits per heavy atom. The van der Waals surface area contributed by atoms with Crippen LogP contribution < -0.4 is 14.8 Å². The molecule has 0 saturated carbocycles. The summed E-state index contributed by atoms with van der Waals surface area (Å²) in [6.07, 6.45) is 0. The van der Waals surface area contributed by atoms with Crippen molar-refractivity contribution in [2.45, 2.75) is 6.92 Å². The molecule has 0 bridgehead atoms. The second kappa shape index (κ2) is 7.59. The van der Waals surface area contributed by atoms with E-state index >= 15 is 0 Å². The summed E-state index contributed by atoms with van der Waals surface area (Å²) in [6, 6.07) is 2.93. The molecule has 0 unspecified atom stereocenters. The normalized spacial score (nSPS) is 9.80. The van der Waals surface area contributed by atoms with Crippen molar-refractivity contribution in [3.05, 3.63) is 17.7 Å². The van der Waals surface area contributed by atoms with Crippen LogP contribution in [-0.2, 0) is 9.53 Å². The van der Waals surface area contributed by atoms with Crippen LogP contribution in [0.5, 0.6) is 11.5 Å². The molecule has 0 saturated heterocycles. The highest BCUT2D eigenvalue weighted by atomic mass is 35.5. The molecule has 0 aliphatic carbocycles. The van der Waals surface area contributed by atoms with Gasteiger partial charge >= 0.3 is 5.97 Å². The molecular formula is C13H16ClNO5. The van der Waals surface area contributed by atoms with Gasteiger partial charge in [0.1, 0.15) is 5.88 Å². The number of ether oxygens (including phenoxy) is 3. The summed E-state index contributed by atoms with van der Waals surface area (Å²) in [7, 11) is 2.90. The minimum Gasteiger partial charge on any atom is -0.493 e. The number of esters is 1. The van der Waals surface area contributed by atoms with E-state index in [2.05, 4.69) is 5.32 Å². The van der Waals surface area contributed by atoms with Gasteiger partial charge in [0.25, 0.3) is 0 Å². The summed E-state index contributed by atoms with van der Waals surface area (Å²) >= 11 is 5.44. The van der Waals surface area contributed by atoms with Crippen LogP contribution in [0, 0.1) is 0 Å². The zero-order valence-electron chi connectivity index (χ0n) is 11.5. The molecule has 0 spiro atoms. The lowest BCUT2D eigenvalue weighted by Crippen LogP contribution is -2.17. The first-order chi connectivity index (χ1) is 9.57. The van der Waals surface area contributed by atoms with Crippen LogP contribution >= 0.6 is 11.6 Å². The summed E-state index contributed by atoms with van der Waals surface area (Å²) in [4.78, 5) is 23.3. The molecule has 0 radical (unpaired) electrons. The van der Waals surface area contributed by atoms with E-state index in [-0.39, 0.29) is 23.7 Å². The average molecular weight is 302 g/mol. The van der Waals surface area contributed by atoms with Gasteiger partial charge in [-0.15, -0.1) is 11.6 Å². The monoisotopic (exact) mass is 301 g/mol. The van der Waals surface area contributed by atoms with Crippen LogP contribution in [0.1, 0.15) is 17.3 Å². The third-order valence-corrected chi connectivity index (χ3v) is 2.66. The molecule has 0 aliphatic heterocycles. The molecule has 1 amide bonds. The fourth-order valence-electron chi connectivity index (χ4n) is 1.54. The molecule has 6 nitrogen and oxygen atoms in total. The van der Waals surface area contributed by atoms with Gasteiger partial charge in [0.15, 0.2) is 11.5 Å². The van der Waals surface area contributed by atoms with Gasteiger partial charge in [-0.25, -0.2) is 4.79 Å². The zero-order chi connectivity index (χ0) is 15.1. The Kier molecular flexibility index (Phi) is 6.11. The molecular weight excluding hydrogens is 286 g/mol. The molecule has 0 aliphatic rings. The molecule has 1 aromatic carbocycles. The van der Waals surface area contributed by atoms with Crippen molar-refractivity contribution < 1.29 is 23.8 Å². The number of rotatable bonds is 6. The van der Waals surface area contributed by atoms with Crippen molar-refractivity contribution >= 4 is 29.2 Å². The molecule has 1 N–H and O–H groups in total. The Morgan fingerprint density at radius 3 is 2.30 bits per heavy atom. The number of benzene rings is 1. The molecule has 0 aromatic heterocycles. The van der Waals surface area contributed by atoms with E-state index in [1.54, 1.807) is 6.92 Å². The lowest BCUT2D eigenvalue weighted by molar-refractivity contribution is -0.113. The maximum absolute atomic E-state index is 11.9. The first-order valence-electron chi connectivity index (χ1n) is 5.86. The van der Waals surface area contributed by atoms with E-state index in [4.69, 9.17) is 25.8 Å². The van der Waals surface area contributed by atoms with Crippen molar-refractivity contribution in [2.75, 3.05) is 32.0 Å². The number of hydrogen-bond acceptors (Lipinski definition) is 5. The van der Waals surface area contributed by atoms with Gasteiger partial charge in [0.05, 0.1) is 32.1 Å². The van der Waals surface area contributed by atoms with Crippen molar-refractivity contribution in [1.29, 1.82) is 0 Å². The van der Waals surface area contributed by atoms with E-state index in [9.17, 15) is 9.59 Å². The summed E-state index contributed by atoms with van der Waals surface area (Å²) in [5.74, 6) is -0.496. The summed E-state index contributed by atoms with van der Waals surface area (Å²) in [6.45, 7) is 1.91. The minimum atomic E-state index is -0.571. The third kappa shape index (κ3) is 3.77. The maximum Gasteiger partial charge on any atom is 0.340 e. The van der Waals surface area contributed by atoms with Crippen LogP contribution in [0.25, 0.3) is 0 Å². The predicted octanol–water partition coefficient (Wildman–Crippen LogP) is 2.06. The lowest BCUT2D eigenvalue weighted by Gasteiger charge is -2.14. The van der Waals surface area contributed by atoms with Gasteiger partial charge in [-0.3, -0.25) is 4.79 Å². The third-order valence-electron chi connectivity index (χ3n) is 2.41. The summed E-state index contributed by atoms with van der Waals surface area (Å²) in [5, 5.41) is 2.52. The van der Waals surface area contributed by atoms with E-state index in [0.717, 1.165) is 0 Å². The van der Waals surface area contributed by atoms with E-state index < -0.39 is 11.9 Å². The van der Waals surface area contributed by atoms with Gasteiger partial charge < -0.3 is 19.5 Å². The molecule has 0 heterocycles. The number of amides is 1. The first kappa shape index (κ1) is 16.1. The fourth-order valence-corrected chi connectivity index (χ4v) is 1.61. The number of carbonyl (C=O) groups excluding carboxylic acids is 2. The predicted molar refractivity (Wildman–Crippen MR) is 74.9 cm³/mol. The van der Waals surface area contributed by atoms with Gasteiger partial charge in [-0.05, 0) is 6.92 Å². The van der Waals surface area contributed by atoms with Gasteiger partial charge in [-0.1, -0.05) is 0 Å². The van der Waals surface area contributed by atoms with Gasteiger partial charge in [0, 0.05) is 12.1 Å². The Hall–Kier alpha value is -1.95. The SMILES string of the molecule is CCOC(=O)c1cc(OC)c(OC)cc1NC(=O)CCl. The molecule has 1 rings (SSSR count). The van der Waals surface area contributed by atoms with Gasteiger partial charge in [0.2, 0.25) is 5.91 Å². The van der Waals surface area contributed by atoms with Crippen LogP contribution in [0.15, 0.2) is 12.1 Å². The fraction of sp³-hybridized carbons (Fsp3) is 0.385. The Labute approximate surface area is 122 Å². The minimum absolute atomic E-state index is 0.169. The van der Waals surface area contributed by atoms with Gasteiger partial charge in [-0.2, -0.15) is 0 Å². The van der Waals surface area contributed by atoms with Crippen LogP contribution in [0.4, 0.5) is 5.69 Å². The topological polar surface area (TPSA) is 73.9 Å². The average Bonchev–Trinajstić information content (AvgIpc) is 2.46. The number of hydrogen-bond donors (Lipinski definition) is 1. The molecule has 7 heteroatoms. The second-order valence-corrected chi connectivity index (χ2v) is 3.92. The van der Waals surface area contributed by atoms with E-state index in [0.29, 0.717) is 11.5 Å². The number of anilines is 1. The second-order valence-electron chi connectivity index (χ2n) is 3.66. The smallest absolute Gasteiger partial charge is 0.340 e. The quantitative estimate of drug-likeness (QED) is 0.643. The summed E-state index contributed by atoms with van der Waals surface area (Å²) < 4.78 is 15.2. The van der Waals surface area contributed by atoms with Crippen LogP contribution in [0.2, 0.25) is 0 Å². The lowest BCUT2D eigenvalue weighted by atomic mass is 10.1. The van der Waals surface area contributed by atoms with Crippen molar-refractivity contribution in [1.82, 2.24) is 0 Å². The van der Waals surface area contributed by atoms with E-state index in [1.165, 1.54) is 26.4 Å². The zero-order valence-corrected chi connectivity index (χ0v) is 12.2. The highest BCUT2D eigenvalue weighted by Crippen LogP contribution is 2.33. The highest BCUT2D eigenvalue weighted by Gasteiger charge is 2.19. The standard InChI is InChI=1S/C13H16ClNO5/c1-4-20-13(17)8-5-10(18-2)11(19-3)6-9(8)15-12(16)7-14/h5-6H,4,7H2,1-3H3,(H,15,16). The van der Waals surface area contributed by atoms with E-state index in [1.807, 2.05) is 0 Å². The molecule has 0 fully saturated rings. The number of alkyl halides is 1. The van der Waals surface area contributed by atoms with Crippen molar-refractivity contribution in [3.8, 4) is 11.5 Å². The Morgan fingerprint density at radius 2 is 1.80 bits per heavy atom. The number of nitrogens with one attached hydrogen (secondary N) is 1. The van der Waals surface area contributed by atoms with Crippen LogP contribution in [0.3, 0.4) is 0 Å². The number of carbonyl (C=O) groups is 2. The van der Waals surface area contributed by atoms with Crippen LogP contribution in [-0.4, -0.2) is 38.6 Å². The van der Waals surface area contributed by atoms with Crippen molar-refractivity contribution in [2.24, 2.45) is 0 Å². The number of methoxy groups -OCH3 is 2. The maximum atomic E-state index is 11.9. The molecule has 20 heavy (non-hydrogen) atoms.